The number of nitrogens with zero attached hydrogens (tertiary/aromatic N) is 15. The van der Waals surface area contributed by atoms with Gasteiger partial charge in [-0.05, 0) is 215 Å². The van der Waals surface area contributed by atoms with E-state index in [1.54, 1.807) is 118 Å². The summed E-state index contributed by atoms with van der Waals surface area (Å²) in [4.78, 5) is 110. The number of carbonyl (C=O) groups excluding carboxylic acids is 1. The number of rotatable bonds is 33. The van der Waals surface area contributed by atoms with Crippen LogP contribution in [-0.2, 0) is 55.0 Å². The number of carboxylic acids is 2. The quantitative estimate of drug-likeness (QED) is 0.00838. The minimum Gasteiger partial charge on any atom is -0.497 e. The molecule has 0 unspecified atom stereocenters. The van der Waals surface area contributed by atoms with Gasteiger partial charge in [-0.25, -0.2) is 4.79 Å². The van der Waals surface area contributed by atoms with E-state index in [9.17, 15) is 38.7 Å². The van der Waals surface area contributed by atoms with E-state index in [0.717, 1.165) is 93.6 Å². The Bertz CT molecular complexity index is 5900. The van der Waals surface area contributed by atoms with Crippen LogP contribution in [0.1, 0.15) is 125 Å². The molecule has 4 aromatic carbocycles. The maximum Gasteiger partial charge on any atom is 0.341 e. The Morgan fingerprint density at radius 2 is 0.756 bits per heavy atom. The fourth-order valence-corrected chi connectivity index (χ4v) is 15.9. The van der Waals surface area contributed by atoms with Gasteiger partial charge < -0.3 is 87.7 Å². The van der Waals surface area contributed by atoms with Crippen molar-refractivity contribution in [3.8, 4) is 102 Å². The van der Waals surface area contributed by atoms with Crippen molar-refractivity contribution in [2.75, 3.05) is 107 Å². The number of nitrogens with one attached hydrogen (secondary N) is 1. The second-order valence-electron chi connectivity index (χ2n) is 32.3. The second-order valence-corrected chi connectivity index (χ2v) is 32.3. The number of pyridine rings is 4. The van der Waals surface area contributed by atoms with Crippen molar-refractivity contribution in [3.63, 3.8) is 0 Å². The highest BCUT2D eigenvalue weighted by atomic mass is 16.5. The van der Waals surface area contributed by atoms with Gasteiger partial charge in [-0.15, -0.1) is 13.2 Å². The molecule has 131 heavy (non-hydrogen) atoms. The lowest BCUT2D eigenvalue weighted by atomic mass is 10.1. The Kier molecular flexibility index (Phi) is 37.2. The number of amidine groups is 1. The molecule has 0 saturated carbocycles. The summed E-state index contributed by atoms with van der Waals surface area (Å²) in [5, 5.41) is 44.7. The summed E-state index contributed by atoms with van der Waals surface area (Å²) in [6, 6.07) is 42.6. The Balaban J connectivity index is 0.000000163. The number of piperidine rings is 4. The lowest BCUT2D eigenvalue weighted by molar-refractivity contribution is -0.137. The van der Waals surface area contributed by atoms with E-state index in [4.69, 9.17) is 48.6 Å². The summed E-state index contributed by atoms with van der Waals surface area (Å²) in [5.41, 5.74) is 9.87. The zero-order chi connectivity index (χ0) is 93.1. The number of aromatic carboxylic acids is 1. The zero-order valence-corrected chi connectivity index (χ0v) is 75.5. The maximum absolute atomic E-state index is 13.6. The van der Waals surface area contributed by atoms with Gasteiger partial charge in [0.15, 0.2) is 17.5 Å². The van der Waals surface area contributed by atoms with Gasteiger partial charge >= 0.3 is 11.9 Å². The molecule has 0 bridgehead atoms. The molecule has 6 N–H and O–H groups in total. The molecule has 11 heterocycles. The lowest BCUT2D eigenvalue weighted by Crippen LogP contribution is -2.36. The summed E-state index contributed by atoms with van der Waals surface area (Å²) in [6.07, 6.45) is 21.1. The molecule has 694 valence electrons. The number of aliphatic carboxylic acids is 1. The number of hydrogen-bond acceptors (Lipinski definition) is 26. The van der Waals surface area contributed by atoms with E-state index in [0.29, 0.717) is 101 Å². The van der Waals surface area contributed by atoms with Crippen molar-refractivity contribution in [1.29, 1.82) is 0 Å². The number of allylic oxidation sites excluding steroid dienone is 2. The van der Waals surface area contributed by atoms with E-state index in [1.807, 2.05) is 80.6 Å². The molecule has 0 spiro atoms. The topological polar surface area (TPSA) is 417 Å². The predicted octanol–water partition coefficient (Wildman–Crippen LogP) is 12.6. The number of aromatic nitrogens is 10. The minimum absolute atomic E-state index is 0.0416. The average Bonchev–Trinajstić information content (AvgIpc) is 1.79. The highest BCUT2D eigenvalue weighted by Gasteiger charge is 2.26. The number of benzene rings is 4. The van der Waals surface area contributed by atoms with Crippen LogP contribution in [0.3, 0.4) is 0 Å². The van der Waals surface area contributed by atoms with Crippen LogP contribution in [0.5, 0.6) is 23.0 Å². The van der Waals surface area contributed by atoms with E-state index in [1.165, 1.54) is 110 Å². The van der Waals surface area contributed by atoms with E-state index >= 15 is 0 Å². The number of amides is 1. The fourth-order valence-electron chi connectivity index (χ4n) is 15.9. The zero-order valence-electron chi connectivity index (χ0n) is 75.5. The summed E-state index contributed by atoms with van der Waals surface area (Å²) in [6.45, 7) is 23.6. The smallest absolute Gasteiger partial charge is 0.341 e. The Morgan fingerprint density at radius 1 is 0.443 bits per heavy atom. The first-order valence-corrected chi connectivity index (χ1v) is 44.4. The maximum atomic E-state index is 13.6. The largest absolute Gasteiger partial charge is 0.497 e. The van der Waals surface area contributed by atoms with Crippen molar-refractivity contribution >= 4 is 23.7 Å². The average molecular weight is 1800 g/mol. The number of carboxylic acid groups (broad SMARTS) is 2. The monoisotopic (exact) mass is 1790 g/mol. The minimum atomic E-state index is -1.24. The number of ether oxygens (including phenoxy) is 4. The SMILES string of the molecule is C=CCn1c(-c2cccc(OC)c2)ccc(-c2nc(CCN3CCCCC3)no2)c1=O.C=CCn1c(-c2cccc(OC)c2)ccc(C(=O)O)c1=O.COc1cccc(-c2ccc(-c3nc(CCN4CCCCC4)no3)c(=O)n2CC(=O)NC(C)C)c1.COc1cccc(-c2ccc(-c3nc(CCN4CCCCC4)no3)c(=O)n2CC(=O)O)c1.N/C(CCN1CCCCC1)=N\O. The van der Waals surface area contributed by atoms with Gasteiger partial charge in [0.25, 0.3) is 39.9 Å². The second kappa shape index (κ2) is 49.7. The number of nitrogens with two attached hydrogens (primary N) is 1. The predicted molar refractivity (Wildman–Crippen MR) is 499 cm³/mol. The van der Waals surface area contributed by atoms with E-state index in [2.05, 4.69) is 73.7 Å². The molecule has 4 aliphatic rings. The van der Waals surface area contributed by atoms with Gasteiger partial charge in [-0.2, -0.15) is 15.0 Å². The molecular weight excluding hydrogens is 1680 g/mol. The van der Waals surface area contributed by atoms with Gasteiger partial charge in [0, 0.05) is 93.2 Å². The number of likely N-dealkylation sites (tertiary alicyclic amines) is 4. The first kappa shape index (κ1) is 97.9. The molecule has 4 aliphatic heterocycles. The molecular formula is C97H119N17O17. The first-order valence-electron chi connectivity index (χ1n) is 44.4. The van der Waals surface area contributed by atoms with Crippen molar-refractivity contribution in [1.82, 2.24) is 73.6 Å². The fraction of sp³-hybridized carbons (Fsp3) is 0.402. The van der Waals surface area contributed by atoms with E-state index in [-0.39, 0.29) is 70.5 Å². The highest BCUT2D eigenvalue weighted by Crippen LogP contribution is 2.31. The summed E-state index contributed by atoms with van der Waals surface area (Å²) in [5.74, 6) is 2.63. The van der Waals surface area contributed by atoms with Crippen LogP contribution in [0.15, 0.2) is 209 Å². The van der Waals surface area contributed by atoms with Crippen molar-refractivity contribution < 1.29 is 62.3 Å². The third-order valence-electron chi connectivity index (χ3n) is 22.7. The van der Waals surface area contributed by atoms with Crippen LogP contribution in [0, 0.1) is 0 Å². The molecule has 1 amide bonds. The number of carbonyl (C=O) groups is 3. The van der Waals surface area contributed by atoms with Gasteiger partial charge in [-0.1, -0.05) is 107 Å². The lowest BCUT2D eigenvalue weighted by Gasteiger charge is -2.25. The molecule has 0 aliphatic carbocycles. The van der Waals surface area contributed by atoms with Gasteiger partial charge in [0.1, 0.15) is 64.2 Å². The van der Waals surface area contributed by atoms with Crippen molar-refractivity contribution in [3.05, 3.63) is 235 Å². The Hall–Kier alpha value is -13.7. The first-order chi connectivity index (χ1) is 63.6. The summed E-state index contributed by atoms with van der Waals surface area (Å²) < 4.78 is 43.0. The van der Waals surface area contributed by atoms with Crippen LogP contribution < -0.4 is 52.2 Å². The molecule has 0 radical (unpaired) electrons. The number of hydrogen-bond donors (Lipinski definition) is 5. The number of methoxy groups -OCH3 is 4. The highest BCUT2D eigenvalue weighted by molar-refractivity contribution is 5.87. The van der Waals surface area contributed by atoms with Crippen molar-refractivity contribution in [2.45, 2.75) is 149 Å². The third-order valence-corrected chi connectivity index (χ3v) is 22.7. The molecule has 34 heteroatoms. The van der Waals surface area contributed by atoms with Crippen LogP contribution >= 0.6 is 0 Å². The number of oxime groups is 1. The molecule has 11 aromatic rings. The summed E-state index contributed by atoms with van der Waals surface area (Å²) >= 11 is 0. The Morgan fingerprint density at radius 3 is 1.07 bits per heavy atom. The van der Waals surface area contributed by atoms with Crippen LogP contribution in [0.4, 0.5) is 0 Å². The summed E-state index contributed by atoms with van der Waals surface area (Å²) in [7, 11) is 6.32. The molecule has 0 atom stereocenters. The molecule has 7 aromatic heterocycles. The molecule has 4 fully saturated rings. The third kappa shape index (κ3) is 27.9. The van der Waals surface area contributed by atoms with Crippen LogP contribution in [0.25, 0.3) is 79.4 Å². The Labute approximate surface area is 760 Å². The van der Waals surface area contributed by atoms with E-state index < -0.39 is 29.6 Å². The normalized spacial score (nSPS) is 14.3. The van der Waals surface area contributed by atoms with Gasteiger partial charge in [0.05, 0.1) is 51.2 Å². The van der Waals surface area contributed by atoms with Crippen LogP contribution in [0.2, 0.25) is 0 Å². The van der Waals surface area contributed by atoms with Crippen LogP contribution in [-0.4, -0.2) is 220 Å². The molecule has 4 saturated heterocycles. The van der Waals surface area contributed by atoms with Gasteiger partial charge in [0.2, 0.25) is 5.91 Å². The van der Waals surface area contributed by atoms with Gasteiger partial charge in [-0.3, -0.25) is 37.9 Å². The molecule has 15 rings (SSSR count). The standard InChI is InChI=1S/C26H33N5O4.C24H28N4O3.C23H26N4O5.C16H15NO4.C8H17N3O/c1-18(2)27-24(32)17-31-22(19-8-7-9-20(16-19)34-3)11-10-21(26(31)33)25-28-23(29-35-25)12-15-30-13-5-4-6-14-30;1-3-13-28-21(18-8-7-9-19(17-18)30-2)11-10-20(24(28)29)23-25-22(26-31-23)12-16-27-14-5-4-6-15-27;1-31-17-7-5-6-16(14-17)19-9-8-18(23(30)27(19)15-21(28)29)22-24-20(25-32-22)10-13-26-11-3-2-4-12-26;1-3-9-17-14(8-7-13(15(17)18)16(19)20)11-5-4-6-12(10-11)21-2;9-8(10-12)4-7-11-5-2-1-3-6-11/h7-11,16,18H,4-6,12-15,17H2,1-3H3,(H,27,32);3,7-11,17H,1,4-6,12-16H2,2H3;5-9,14H,2-4,10-13,15H2,1H3,(H,28,29);3-8,10H,1,9H2,2H3,(H,19,20);12H,1-7H2,(H2,9,10). The molecule has 34 nitrogen and oxygen atoms in total. The van der Waals surface area contributed by atoms with Crippen molar-refractivity contribution in [2.24, 2.45) is 10.9 Å².